The summed E-state index contributed by atoms with van der Waals surface area (Å²) in [6.45, 7) is -0.476. The molecule has 2 amide bonds. The fourth-order valence-corrected chi connectivity index (χ4v) is 10.9. The number of primary sulfonamides is 2. The van der Waals surface area contributed by atoms with Crippen LogP contribution in [0.15, 0.2) is 19.6 Å². The molecule has 2 saturated carbocycles. The summed E-state index contributed by atoms with van der Waals surface area (Å²) in [5, 5.41) is 28.3. The zero-order valence-corrected chi connectivity index (χ0v) is 35.8. The maximum atomic E-state index is 15.3. The average Bonchev–Trinajstić information content (AvgIpc) is 3.10. The van der Waals surface area contributed by atoms with Crippen LogP contribution in [0.4, 0.5) is 37.7 Å². The van der Waals surface area contributed by atoms with Crippen molar-refractivity contribution in [2.75, 3.05) is 41.8 Å². The number of amides is 2. The van der Waals surface area contributed by atoms with E-state index in [2.05, 4.69) is 16.0 Å². The first-order valence-corrected chi connectivity index (χ1v) is 25.3. The summed E-state index contributed by atoms with van der Waals surface area (Å²) in [6.07, 6.45) is 1.82. The summed E-state index contributed by atoms with van der Waals surface area (Å²) in [5.74, 6) is -19.7. The van der Waals surface area contributed by atoms with E-state index in [-0.39, 0.29) is 50.7 Å². The number of anilines is 2. The van der Waals surface area contributed by atoms with Crippen molar-refractivity contribution in [3.05, 3.63) is 34.9 Å². The highest BCUT2D eigenvalue weighted by Crippen LogP contribution is 2.38. The lowest BCUT2D eigenvalue weighted by Crippen LogP contribution is -2.41. The lowest BCUT2D eigenvalue weighted by molar-refractivity contribution is -0.142. The zero-order chi connectivity index (χ0) is 46.5. The molecular formula is C34H44F6N6O12S4. The van der Waals surface area contributed by atoms with Crippen molar-refractivity contribution in [3.8, 4) is 0 Å². The normalized spacial score (nSPS) is 15.6. The quantitative estimate of drug-likeness (QED) is 0.0477. The van der Waals surface area contributed by atoms with E-state index in [0.29, 0.717) is 25.7 Å². The molecule has 0 aromatic heterocycles. The van der Waals surface area contributed by atoms with E-state index < -0.39 is 154 Å². The number of hydrogen-bond donors (Lipinski definition) is 7. The lowest BCUT2D eigenvalue weighted by atomic mass is 9.85. The van der Waals surface area contributed by atoms with Crippen molar-refractivity contribution in [1.82, 2.24) is 10.6 Å². The highest BCUT2D eigenvalue weighted by molar-refractivity contribution is 7.92. The number of carbonyl (C=O) groups is 3. The molecule has 0 radical (unpaired) electrons. The minimum Gasteiger partial charge on any atom is -0.480 e. The molecule has 2 fully saturated rings. The Kier molecular flexibility index (Phi) is 16.3. The van der Waals surface area contributed by atoms with Gasteiger partial charge in [-0.05, 0) is 56.8 Å². The number of sulfone groups is 2. The monoisotopic (exact) mass is 970 g/mol. The van der Waals surface area contributed by atoms with E-state index >= 15 is 17.6 Å². The van der Waals surface area contributed by atoms with Gasteiger partial charge in [-0.15, -0.1) is 0 Å². The number of sulfonamides is 2. The standard InChI is InChI=1S/C34H44F6N6O12S4/c35-22-24(37)32(28(44-15-17-5-3-6-17)26(39)30(22)61(41,55)56)59(51,52)13-10-20(47)43-12-2-1-9-19(34(49)50)46-21(48)11-14-60(53,54)33-25(38)23(36)31(62(42,57)58)27(40)29(33)45-16-18-7-4-8-18/h17-19,44-45H,1-16H2,(H,43,47)(H,46,48)(H,49,50)(H2,41,55,56)(H2,42,57,58). The Balaban J connectivity index is 1.33. The highest BCUT2D eigenvalue weighted by atomic mass is 32.2. The minimum absolute atomic E-state index is 0.00336. The van der Waals surface area contributed by atoms with Crippen molar-refractivity contribution >= 4 is 68.9 Å². The maximum absolute atomic E-state index is 15.3. The molecule has 0 aliphatic heterocycles. The second kappa shape index (κ2) is 20.1. The number of carboxylic acids is 1. The second-order valence-electron chi connectivity index (χ2n) is 14.8. The minimum atomic E-state index is -5.23. The maximum Gasteiger partial charge on any atom is 0.326 e. The Morgan fingerprint density at radius 1 is 0.597 bits per heavy atom. The Labute approximate surface area is 352 Å². The van der Waals surface area contributed by atoms with Gasteiger partial charge >= 0.3 is 5.97 Å². The number of carbonyl (C=O) groups excluding carboxylic acids is 2. The number of halogens is 6. The molecule has 0 heterocycles. The Morgan fingerprint density at radius 2 is 0.984 bits per heavy atom. The van der Waals surface area contributed by atoms with Gasteiger partial charge in [0.05, 0.1) is 22.9 Å². The van der Waals surface area contributed by atoms with Crippen LogP contribution in [0.3, 0.4) is 0 Å². The van der Waals surface area contributed by atoms with Crippen molar-refractivity contribution in [3.63, 3.8) is 0 Å². The molecule has 18 nitrogen and oxygen atoms in total. The molecule has 1 atom stereocenters. The largest absolute Gasteiger partial charge is 0.480 e. The summed E-state index contributed by atoms with van der Waals surface area (Å²) in [4.78, 5) is 30.0. The van der Waals surface area contributed by atoms with Gasteiger partial charge < -0.3 is 26.4 Å². The Morgan fingerprint density at radius 3 is 1.34 bits per heavy atom. The van der Waals surface area contributed by atoms with Crippen LogP contribution in [0.5, 0.6) is 0 Å². The number of rotatable bonds is 23. The van der Waals surface area contributed by atoms with Crippen LogP contribution in [0.1, 0.15) is 70.6 Å². The predicted octanol–water partition coefficient (Wildman–Crippen LogP) is 2.12. The third kappa shape index (κ3) is 12.1. The first-order chi connectivity index (χ1) is 28.7. The molecule has 1 unspecified atom stereocenters. The number of nitrogens with two attached hydrogens (primary N) is 2. The van der Waals surface area contributed by atoms with E-state index in [9.17, 15) is 61.9 Å². The van der Waals surface area contributed by atoms with Crippen molar-refractivity contribution in [2.24, 2.45) is 22.1 Å². The molecule has 2 aliphatic carbocycles. The Bertz CT molecular complexity index is 2540. The number of carboxylic acid groups (broad SMARTS) is 1. The van der Waals surface area contributed by atoms with Gasteiger partial charge in [0.2, 0.25) is 31.9 Å². The molecule has 2 aromatic carbocycles. The molecule has 348 valence electrons. The number of aliphatic carboxylic acids is 1. The first kappa shape index (κ1) is 50.4. The van der Waals surface area contributed by atoms with Crippen LogP contribution in [0, 0.1) is 46.7 Å². The molecule has 2 aliphatic rings. The van der Waals surface area contributed by atoms with Gasteiger partial charge in [-0.25, -0.2) is 75.1 Å². The van der Waals surface area contributed by atoms with E-state index in [0.717, 1.165) is 12.8 Å². The highest BCUT2D eigenvalue weighted by Gasteiger charge is 2.39. The molecule has 28 heteroatoms. The molecule has 0 saturated heterocycles. The second-order valence-corrected chi connectivity index (χ2v) is 21.9. The van der Waals surface area contributed by atoms with E-state index in [1.54, 1.807) is 0 Å². The van der Waals surface area contributed by atoms with Crippen LogP contribution < -0.4 is 31.5 Å². The van der Waals surface area contributed by atoms with Gasteiger partial charge in [0.25, 0.3) is 0 Å². The van der Waals surface area contributed by atoms with Crippen molar-refractivity contribution in [2.45, 2.75) is 96.3 Å². The van der Waals surface area contributed by atoms with Crippen LogP contribution in [-0.2, 0) is 54.1 Å². The summed E-state index contributed by atoms with van der Waals surface area (Å²) in [5.41, 5.74) is -2.38. The van der Waals surface area contributed by atoms with Gasteiger partial charge in [0, 0.05) is 32.5 Å². The zero-order valence-electron chi connectivity index (χ0n) is 32.5. The molecule has 0 bridgehead atoms. The van der Waals surface area contributed by atoms with Gasteiger partial charge in [0.1, 0.15) is 15.8 Å². The molecular weight excluding hydrogens is 927 g/mol. The smallest absolute Gasteiger partial charge is 0.326 e. The van der Waals surface area contributed by atoms with Crippen LogP contribution in [0.25, 0.3) is 0 Å². The third-order valence-corrected chi connectivity index (χ3v) is 15.7. The molecule has 9 N–H and O–H groups in total. The van der Waals surface area contributed by atoms with Gasteiger partial charge in [0.15, 0.2) is 64.4 Å². The number of nitrogens with one attached hydrogen (secondary N) is 4. The fourth-order valence-electron chi connectivity index (χ4n) is 6.50. The van der Waals surface area contributed by atoms with E-state index in [4.69, 9.17) is 10.3 Å². The van der Waals surface area contributed by atoms with E-state index in [1.165, 1.54) is 0 Å². The van der Waals surface area contributed by atoms with Crippen LogP contribution >= 0.6 is 0 Å². The lowest BCUT2D eigenvalue weighted by Gasteiger charge is -2.27. The predicted molar refractivity (Wildman–Crippen MR) is 207 cm³/mol. The summed E-state index contributed by atoms with van der Waals surface area (Å²) in [6, 6.07) is -1.66. The van der Waals surface area contributed by atoms with Gasteiger partial charge in [-0.3, -0.25) is 9.59 Å². The fraction of sp³-hybridized carbons (Fsp3) is 0.559. The van der Waals surface area contributed by atoms with Crippen molar-refractivity contribution < 1.29 is 79.5 Å². The first-order valence-electron chi connectivity index (χ1n) is 18.9. The number of hydrogen-bond acceptors (Lipinski definition) is 13. The van der Waals surface area contributed by atoms with Gasteiger partial charge in [-0.1, -0.05) is 12.8 Å². The summed E-state index contributed by atoms with van der Waals surface area (Å²) in [7, 11) is -20.6. The Hall–Kier alpha value is -4.25. The number of benzene rings is 2. The van der Waals surface area contributed by atoms with E-state index in [1.807, 2.05) is 5.32 Å². The molecule has 62 heavy (non-hydrogen) atoms. The molecule has 2 aromatic rings. The topological polar surface area (TPSA) is 308 Å². The number of unbranched alkanes of at least 4 members (excludes halogenated alkanes) is 1. The molecule has 0 spiro atoms. The summed E-state index contributed by atoms with van der Waals surface area (Å²) >= 11 is 0. The summed E-state index contributed by atoms with van der Waals surface area (Å²) < 4.78 is 190. The van der Waals surface area contributed by atoms with Gasteiger partial charge in [-0.2, -0.15) is 0 Å². The molecule has 4 rings (SSSR count). The van der Waals surface area contributed by atoms with Crippen molar-refractivity contribution in [1.29, 1.82) is 0 Å². The van der Waals surface area contributed by atoms with Crippen LogP contribution in [0.2, 0.25) is 0 Å². The SMILES string of the molecule is NS(=O)(=O)c1c(F)c(F)c(S(=O)(=O)CCC(=O)NCCCCC(NC(=O)CCS(=O)(=O)c2c(F)c(F)c(S(N)(=O)=O)c(F)c2NCC2CCC2)C(=O)O)c(NCC2CCC2)c1F. The average molecular weight is 971 g/mol. The van der Waals surface area contributed by atoms with Crippen LogP contribution in [-0.4, -0.2) is 93.7 Å². The third-order valence-electron chi connectivity index (χ3n) is 10.3.